The number of aromatic nitrogens is 2. The first kappa shape index (κ1) is 20.1. The highest BCUT2D eigenvalue weighted by Gasteiger charge is 2.20. The van der Waals surface area contributed by atoms with Crippen LogP contribution in [-0.4, -0.2) is 46.0 Å². The maximum absolute atomic E-state index is 13.7. The SMILES string of the molecule is CNc1cc(C(=O)N2CCCCCCC2)ccc1C(=N)c1cnc2ccc(F)cn12. The Bertz CT molecular complexity index is 1080. The number of rotatable bonds is 4. The molecule has 156 valence electrons. The lowest BCUT2D eigenvalue weighted by Crippen LogP contribution is -2.33. The van der Waals surface area contributed by atoms with Crippen LogP contribution in [0.25, 0.3) is 5.65 Å². The van der Waals surface area contributed by atoms with Gasteiger partial charge in [-0.1, -0.05) is 19.3 Å². The molecule has 30 heavy (non-hydrogen) atoms. The second-order valence-corrected chi connectivity index (χ2v) is 7.66. The number of hydrogen-bond acceptors (Lipinski definition) is 4. The first-order valence-electron chi connectivity index (χ1n) is 10.4. The van der Waals surface area contributed by atoms with Crippen LogP contribution in [-0.2, 0) is 0 Å². The summed E-state index contributed by atoms with van der Waals surface area (Å²) in [7, 11) is 1.77. The fourth-order valence-corrected chi connectivity index (χ4v) is 4.01. The van der Waals surface area contributed by atoms with E-state index in [1.807, 2.05) is 4.90 Å². The first-order chi connectivity index (χ1) is 14.6. The number of likely N-dealkylation sites (tertiary alicyclic amines) is 1. The molecular formula is C23H26FN5O. The summed E-state index contributed by atoms with van der Waals surface area (Å²) in [6, 6.07) is 8.28. The third-order valence-corrected chi connectivity index (χ3v) is 5.67. The third kappa shape index (κ3) is 3.92. The number of amides is 1. The highest BCUT2D eigenvalue weighted by Crippen LogP contribution is 2.23. The summed E-state index contributed by atoms with van der Waals surface area (Å²) >= 11 is 0. The van der Waals surface area contributed by atoms with Crippen molar-refractivity contribution in [3.63, 3.8) is 0 Å². The van der Waals surface area contributed by atoms with E-state index in [9.17, 15) is 9.18 Å². The maximum Gasteiger partial charge on any atom is 0.253 e. The fourth-order valence-electron chi connectivity index (χ4n) is 4.01. The van der Waals surface area contributed by atoms with Crippen LogP contribution in [0.2, 0.25) is 0 Å². The first-order valence-corrected chi connectivity index (χ1v) is 10.4. The van der Waals surface area contributed by atoms with Crippen molar-refractivity contribution in [2.75, 3.05) is 25.5 Å². The van der Waals surface area contributed by atoms with E-state index in [4.69, 9.17) is 5.41 Å². The molecule has 2 aromatic heterocycles. The summed E-state index contributed by atoms with van der Waals surface area (Å²) in [6.07, 6.45) is 8.55. The Hall–Kier alpha value is -3.22. The van der Waals surface area contributed by atoms with E-state index in [0.717, 1.165) is 25.9 Å². The number of halogens is 1. The Kier molecular flexibility index (Phi) is 5.79. The van der Waals surface area contributed by atoms with Gasteiger partial charge in [0.2, 0.25) is 0 Å². The van der Waals surface area contributed by atoms with Crippen LogP contribution in [0.15, 0.2) is 42.7 Å². The minimum absolute atomic E-state index is 0.0309. The Morgan fingerprint density at radius 3 is 2.57 bits per heavy atom. The Labute approximate surface area is 175 Å². The monoisotopic (exact) mass is 407 g/mol. The molecule has 3 aromatic rings. The lowest BCUT2D eigenvalue weighted by Gasteiger charge is -2.25. The molecule has 2 N–H and O–H groups in total. The molecule has 1 amide bonds. The molecule has 6 nitrogen and oxygen atoms in total. The van der Waals surface area contributed by atoms with Gasteiger partial charge in [0.05, 0.1) is 17.6 Å². The van der Waals surface area contributed by atoms with Crippen LogP contribution in [0.4, 0.5) is 10.1 Å². The molecule has 1 saturated heterocycles. The summed E-state index contributed by atoms with van der Waals surface area (Å²) in [5.74, 6) is -0.360. The van der Waals surface area contributed by atoms with Crippen molar-refractivity contribution in [2.24, 2.45) is 0 Å². The number of hydrogen-bond donors (Lipinski definition) is 2. The zero-order valence-corrected chi connectivity index (χ0v) is 17.1. The van der Waals surface area contributed by atoms with Gasteiger partial charge in [-0.25, -0.2) is 9.37 Å². The molecule has 7 heteroatoms. The van der Waals surface area contributed by atoms with E-state index in [1.54, 1.807) is 41.9 Å². The lowest BCUT2D eigenvalue weighted by molar-refractivity contribution is 0.0742. The second-order valence-electron chi connectivity index (χ2n) is 7.66. The number of nitrogens with zero attached hydrogens (tertiary/aromatic N) is 3. The summed E-state index contributed by atoms with van der Waals surface area (Å²) in [5.41, 5.74) is 3.20. The molecule has 0 atom stereocenters. The third-order valence-electron chi connectivity index (χ3n) is 5.67. The molecule has 0 spiro atoms. The molecule has 3 heterocycles. The van der Waals surface area contributed by atoms with Crippen molar-refractivity contribution in [1.82, 2.24) is 14.3 Å². The van der Waals surface area contributed by atoms with Crippen LogP contribution < -0.4 is 5.32 Å². The van der Waals surface area contributed by atoms with E-state index < -0.39 is 5.82 Å². The number of benzene rings is 1. The standard InChI is InChI=1S/C23H26FN5O/c1-26-19-13-16(23(30)28-11-5-3-2-4-6-12-28)7-9-18(19)22(25)20-14-27-21-10-8-17(24)15-29(20)21/h7-10,13-15,25-26H,2-6,11-12H2,1H3. The van der Waals surface area contributed by atoms with Crippen LogP contribution in [0.1, 0.15) is 53.7 Å². The molecule has 1 fully saturated rings. The van der Waals surface area contributed by atoms with Gasteiger partial charge in [0, 0.05) is 43.1 Å². The van der Waals surface area contributed by atoms with Gasteiger partial charge in [-0.15, -0.1) is 0 Å². The van der Waals surface area contributed by atoms with Gasteiger partial charge in [0.1, 0.15) is 11.5 Å². The van der Waals surface area contributed by atoms with Gasteiger partial charge in [-0.05, 0) is 43.2 Å². The van der Waals surface area contributed by atoms with Crippen LogP contribution in [0.3, 0.4) is 0 Å². The summed E-state index contributed by atoms with van der Waals surface area (Å²) in [5, 5.41) is 11.8. The fraction of sp³-hybridized carbons (Fsp3) is 0.348. The van der Waals surface area contributed by atoms with Crippen molar-refractivity contribution in [3.8, 4) is 0 Å². The molecule has 4 rings (SSSR count). The van der Waals surface area contributed by atoms with Crippen molar-refractivity contribution in [1.29, 1.82) is 5.41 Å². The minimum Gasteiger partial charge on any atom is -0.388 e. The van der Waals surface area contributed by atoms with E-state index >= 15 is 0 Å². The van der Waals surface area contributed by atoms with Gasteiger partial charge >= 0.3 is 0 Å². The number of fused-ring (bicyclic) bond motifs is 1. The second kappa shape index (κ2) is 8.65. The van der Waals surface area contributed by atoms with Crippen molar-refractivity contribution < 1.29 is 9.18 Å². The van der Waals surface area contributed by atoms with Gasteiger partial charge < -0.3 is 10.2 Å². The van der Waals surface area contributed by atoms with Crippen LogP contribution in [0, 0.1) is 11.2 Å². The topological polar surface area (TPSA) is 73.5 Å². The molecule has 0 bridgehead atoms. The smallest absolute Gasteiger partial charge is 0.253 e. The number of pyridine rings is 1. The Morgan fingerprint density at radius 2 is 1.83 bits per heavy atom. The van der Waals surface area contributed by atoms with Crippen molar-refractivity contribution in [3.05, 3.63) is 65.4 Å². The van der Waals surface area contributed by atoms with Gasteiger partial charge in [0.25, 0.3) is 5.91 Å². The van der Waals surface area contributed by atoms with Crippen LogP contribution >= 0.6 is 0 Å². The summed E-state index contributed by atoms with van der Waals surface area (Å²) in [6.45, 7) is 1.58. The molecule has 1 aromatic carbocycles. The predicted octanol–water partition coefficient (Wildman–Crippen LogP) is 4.34. The molecule has 1 aliphatic heterocycles. The maximum atomic E-state index is 13.7. The number of anilines is 1. The largest absolute Gasteiger partial charge is 0.388 e. The molecule has 0 unspecified atom stereocenters. The molecule has 1 aliphatic rings. The zero-order valence-electron chi connectivity index (χ0n) is 17.1. The Balaban J connectivity index is 1.64. The lowest BCUT2D eigenvalue weighted by atomic mass is 10.0. The predicted molar refractivity (Wildman–Crippen MR) is 116 cm³/mol. The highest BCUT2D eigenvalue weighted by atomic mass is 19.1. The normalized spacial score (nSPS) is 14.9. The quantitative estimate of drug-likeness (QED) is 0.632. The Morgan fingerprint density at radius 1 is 1.10 bits per heavy atom. The highest BCUT2D eigenvalue weighted by molar-refractivity contribution is 6.14. The minimum atomic E-state index is -0.391. The number of nitrogens with one attached hydrogen (secondary N) is 2. The number of carbonyl (C=O) groups is 1. The average molecular weight is 407 g/mol. The number of imidazole rings is 1. The summed E-state index contributed by atoms with van der Waals surface area (Å²) in [4.78, 5) is 19.2. The van der Waals surface area contributed by atoms with Gasteiger partial charge in [-0.3, -0.25) is 14.6 Å². The van der Waals surface area contributed by atoms with E-state index in [2.05, 4.69) is 10.3 Å². The molecule has 0 radical (unpaired) electrons. The van der Waals surface area contributed by atoms with Crippen molar-refractivity contribution in [2.45, 2.75) is 32.1 Å². The van der Waals surface area contributed by atoms with Crippen molar-refractivity contribution >= 4 is 23.0 Å². The zero-order chi connectivity index (χ0) is 21.1. The average Bonchev–Trinajstić information content (AvgIpc) is 3.15. The molecule has 0 aliphatic carbocycles. The van der Waals surface area contributed by atoms with Crippen LogP contribution in [0.5, 0.6) is 0 Å². The van der Waals surface area contributed by atoms with Gasteiger partial charge in [0.15, 0.2) is 0 Å². The van der Waals surface area contributed by atoms with Gasteiger partial charge in [-0.2, -0.15) is 0 Å². The molecule has 0 saturated carbocycles. The summed E-state index contributed by atoms with van der Waals surface area (Å²) < 4.78 is 15.3. The van der Waals surface area contributed by atoms with E-state index in [1.165, 1.54) is 31.5 Å². The number of carbonyl (C=O) groups excluding carboxylic acids is 1. The van der Waals surface area contributed by atoms with E-state index in [0.29, 0.717) is 28.2 Å². The van der Waals surface area contributed by atoms with E-state index in [-0.39, 0.29) is 11.6 Å². The molecular weight excluding hydrogens is 381 g/mol.